The summed E-state index contributed by atoms with van der Waals surface area (Å²) in [5.74, 6) is -0.856. The lowest BCUT2D eigenvalue weighted by Crippen LogP contribution is -2.54. The second-order valence-electron chi connectivity index (χ2n) is 16.4. The van der Waals surface area contributed by atoms with Gasteiger partial charge in [-0.15, -0.1) is 0 Å². The Bertz CT molecular complexity index is 2370. The molecule has 354 valence electrons. The zero-order valence-electron chi connectivity index (χ0n) is 37.6. The number of hydrogen-bond acceptors (Lipinski definition) is 16. The van der Waals surface area contributed by atoms with Crippen LogP contribution in [0.1, 0.15) is 44.7 Å². The molecule has 0 aliphatic carbocycles. The molecule has 18 heteroatoms. The molecule has 2 fully saturated rings. The second kappa shape index (κ2) is 24.1. The van der Waals surface area contributed by atoms with Crippen molar-refractivity contribution in [2.45, 2.75) is 32.1 Å². The molecule has 1 unspecified atom stereocenters. The molecule has 4 amide bonds. The van der Waals surface area contributed by atoms with Crippen molar-refractivity contribution in [1.82, 2.24) is 30.0 Å². The number of aromatic nitrogens is 2. The molecule has 1 atom stereocenters. The average molecular weight is 919 g/mol. The van der Waals surface area contributed by atoms with Crippen molar-refractivity contribution in [3.63, 3.8) is 0 Å². The van der Waals surface area contributed by atoms with E-state index in [0.717, 1.165) is 78.0 Å². The standard InChI is InChI=1S/C49H58N8O10/c58-44-12-10-42(46(59)54-44)57-47(60)39-7-4-8-41(45(39)48(57)61)50-15-24-62-27-29-64-30-28-63-25-20-55-16-18-56(19-17-55)21-26-67-43-11-9-38-32-37(43)34-66-23-2-1-22-65-33-35-5-3-6-36(31-35)40-13-14-51-49(52-38)53-40/h1-9,11,13-14,31-32,42,50H,10,12,15-30,33-34H2,(H,51,52,53)(H,54,58,59)/b2-1+. The minimum atomic E-state index is -1.01. The number of nitrogens with zero attached hydrogens (tertiary/aromatic N) is 5. The second-order valence-corrected chi connectivity index (χ2v) is 16.4. The van der Waals surface area contributed by atoms with E-state index in [4.69, 9.17) is 33.4 Å². The van der Waals surface area contributed by atoms with Gasteiger partial charge in [-0.3, -0.25) is 39.2 Å². The molecule has 3 aromatic carbocycles. The highest BCUT2D eigenvalue weighted by Gasteiger charge is 2.45. The molecule has 0 radical (unpaired) electrons. The van der Waals surface area contributed by atoms with Crippen molar-refractivity contribution in [2.75, 3.05) is 116 Å². The lowest BCUT2D eigenvalue weighted by Gasteiger charge is -2.34. The minimum Gasteiger partial charge on any atom is -0.492 e. The first-order valence-electron chi connectivity index (χ1n) is 22.9. The van der Waals surface area contributed by atoms with Gasteiger partial charge in [-0.2, -0.15) is 0 Å². The number of nitrogens with one attached hydrogen (secondary N) is 3. The minimum absolute atomic E-state index is 0.0672. The van der Waals surface area contributed by atoms with E-state index in [1.165, 1.54) is 0 Å². The van der Waals surface area contributed by atoms with E-state index >= 15 is 0 Å². The van der Waals surface area contributed by atoms with Crippen molar-refractivity contribution in [1.29, 1.82) is 0 Å². The van der Waals surface area contributed by atoms with Gasteiger partial charge in [0, 0.05) is 80.9 Å². The number of piperazine rings is 1. The lowest BCUT2D eigenvalue weighted by molar-refractivity contribution is -0.136. The molecule has 2 saturated heterocycles. The summed E-state index contributed by atoms with van der Waals surface area (Å²) < 4.78 is 35.4. The molecular formula is C49H58N8O10. The van der Waals surface area contributed by atoms with Crippen LogP contribution in [0.25, 0.3) is 11.3 Å². The maximum atomic E-state index is 13.3. The van der Waals surface area contributed by atoms with Gasteiger partial charge < -0.3 is 39.1 Å². The summed E-state index contributed by atoms with van der Waals surface area (Å²) in [4.78, 5) is 65.3. The van der Waals surface area contributed by atoms with Crippen LogP contribution >= 0.6 is 0 Å². The van der Waals surface area contributed by atoms with E-state index in [1.54, 1.807) is 24.4 Å². The van der Waals surface area contributed by atoms with Crippen LogP contribution in [0.4, 0.5) is 17.3 Å². The van der Waals surface area contributed by atoms with Gasteiger partial charge in [-0.25, -0.2) is 9.97 Å². The highest BCUT2D eigenvalue weighted by Crippen LogP contribution is 2.32. The van der Waals surface area contributed by atoms with Crippen LogP contribution in [0.15, 0.2) is 85.1 Å². The van der Waals surface area contributed by atoms with Crippen molar-refractivity contribution in [3.05, 3.63) is 107 Å². The summed E-state index contributed by atoms with van der Waals surface area (Å²) in [5.41, 5.74) is 5.61. The number of anilines is 3. The monoisotopic (exact) mass is 918 g/mol. The van der Waals surface area contributed by atoms with Crippen molar-refractivity contribution in [3.8, 4) is 17.0 Å². The van der Waals surface area contributed by atoms with E-state index in [-0.39, 0.29) is 24.0 Å². The number of hydrogen-bond donors (Lipinski definition) is 3. The highest BCUT2D eigenvalue weighted by molar-refractivity contribution is 6.25. The quantitative estimate of drug-likeness (QED) is 0.0735. The number of carbonyl (C=O) groups excluding carboxylic acids is 4. The number of benzene rings is 3. The molecule has 1 aromatic heterocycles. The maximum Gasteiger partial charge on any atom is 0.264 e. The third-order valence-corrected chi connectivity index (χ3v) is 11.8. The predicted octanol–water partition coefficient (Wildman–Crippen LogP) is 4.05. The molecule has 4 aliphatic heterocycles. The smallest absolute Gasteiger partial charge is 0.264 e. The van der Waals surface area contributed by atoms with E-state index in [2.05, 4.69) is 36.8 Å². The van der Waals surface area contributed by atoms with Gasteiger partial charge in [0.05, 0.1) is 82.9 Å². The highest BCUT2D eigenvalue weighted by atomic mass is 16.5. The van der Waals surface area contributed by atoms with Crippen molar-refractivity contribution >= 4 is 41.0 Å². The van der Waals surface area contributed by atoms with E-state index in [9.17, 15) is 19.2 Å². The molecular weight excluding hydrogens is 861 g/mol. The SMILES string of the molecule is O=C1CCC(N2C(=O)c3cccc(NCCOCCOCCOCCN4CCN(CCOc5ccc6cc5COC/C=C/COCc5cccc(c5)-c5ccnc(n5)N6)CC4)c3C2=O)C(=O)N1. The van der Waals surface area contributed by atoms with E-state index in [0.29, 0.717) is 90.9 Å². The maximum absolute atomic E-state index is 13.3. The Morgan fingerprint density at radius 1 is 0.731 bits per heavy atom. The largest absolute Gasteiger partial charge is 0.492 e. The summed E-state index contributed by atoms with van der Waals surface area (Å²) in [6.07, 6.45) is 5.89. The van der Waals surface area contributed by atoms with E-state index < -0.39 is 29.7 Å². The summed E-state index contributed by atoms with van der Waals surface area (Å²) in [7, 11) is 0. The third-order valence-electron chi connectivity index (χ3n) is 11.8. The fourth-order valence-corrected chi connectivity index (χ4v) is 8.23. The van der Waals surface area contributed by atoms with Crippen LogP contribution in [-0.2, 0) is 46.5 Å². The molecule has 4 aromatic rings. The first-order valence-corrected chi connectivity index (χ1v) is 22.9. The molecule has 18 nitrogen and oxygen atoms in total. The van der Waals surface area contributed by atoms with Gasteiger partial charge in [-0.05, 0) is 54.4 Å². The van der Waals surface area contributed by atoms with Crippen LogP contribution < -0.4 is 20.7 Å². The number of ether oxygens (including phenoxy) is 6. The number of rotatable bonds is 18. The molecule has 5 heterocycles. The Labute approximate surface area is 389 Å². The Morgan fingerprint density at radius 3 is 2.25 bits per heavy atom. The number of imide groups is 2. The Hall–Kier alpha value is -6.12. The first-order chi connectivity index (χ1) is 32.9. The zero-order chi connectivity index (χ0) is 46.2. The normalized spacial score (nSPS) is 18.7. The summed E-state index contributed by atoms with van der Waals surface area (Å²) in [6.45, 7) is 11.0. The summed E-state index contributed by atoms with van der Waals surface area (Å²) in [6, 6.07) is 20.0. The van der Waals surface area contributed by atoms with Crippen molar-refractivity contribution < 1.29 is 47.6 Å². The third kappa shape index (κ3) is 13.1. The molecule has 0 spiro atoms. The summed E-state index contributed by atoms with van der Waals surface area (Å²) in [5, 5.41) is 8.74. The number of amides is 4. The van der Waals surface area contributed by atoms with Gasteiger partial charge in [0.1, 0.15) is 18.4 Å². The van der Waals surface area contributed by atoms with Gasteiger partial charge in [0.15, 0.2) is 0 Å². The van der Waals surface area contributed by atoms with Crippen LogP contribution in [-0.4, -0.2) is 160 Å². The van der Waals surface area contributed by atoms with Gasteiger partial charge in [-0.1, -0.05) is 36.4 Å². The number of carbonyl (C=O) groups is 4. The van der Waals surface area contributed by atoms with Gasteiger partial charge in [0.25, 0.3) is 11.8 Å². The Balaban J connectivity index is 0.674. The fourth-order valence-electron chi connectivity index (χ4n) is 8.23. The zero-order valence-corrected chi connectivity index (χ0v) is 37.6. The van der Waals surface area contributed by atoms with Gasteiger partial charge in [0.2, 0.25) is 17.8 Å². The molecule has 6 bridgehead atoms. The van der Waals surface area contributed by atoms with Crippen LogP contribution in [0.2, 0.25) is 0 Å². The van der Waals surface area contributed by atoms with E-state index in [1.807, 2.05) is 54.6 Å². The summed E-state index contributed by atoms with van der Waals surface area (Å²) >= 11 is 0. The van der Waals surface area contributed by atoms with Crippen LogP contribution in [0.3, 0.4) is 0 Å². The van der Waals surface area contributed by atoms with Crippen LogP contribution in [0.5, 0.6) is 5.75 Å². The topological polar surface area (TPSA) is 195 Å². The fraction of sp³-hybridized carbons (Fsp3) is 0.429. The number of fused-ring (bicyclic) bond motifs is 8. The van der Waals surface area contributed by atoms with Gasteiger partial charge >= 0.3 is 0 Å². The Morgan fingerprint density at radius 2 is 1.46 bits per heavy atom. The first kappa shape index (κ1) is 47.4. The molecule has 0 saturated carbocycles. The number of piperidine rings is 1. The predicted molar refractivity (Wildman–Crippen MR) is 248 cm³/mol. The molecule has 3 N–H and O–H groups in total. The Kier molecular flexibility index (Phi) is 17.0. The molecule has 67 heavy (non-hydrogen) atoms. The average Bonchev–Trinajstić information content (AvgIpc) is 3.59. The molecule has 4 aliphatic rings. The van der Waals surface area contributed by atoms with Crippen molar-refractivity contribution in [2.24, 2.45) is 0 Å². The van der Waals surface area contributed by atoms with Crippen LogP contribution in [0, 0.1) is 0 Å². The lowest BCUT2D eigenvalue weighted by atomic mass is 10.0. The molecule has 8 rings (SSSR count).